The smallest absolute Gasteiger partial charge is 0.0847 e. The topological polar surface area (TPSA) is 36.0 Å². The summed E-state index contributed by atoms with van der Waals surface area (Å²) in [4.78, 5) is 2.64. The maximum atomic E-state index is 11.4. The van der Waals surface area contributed by atoms with E-state index in [1.807, 2.05) is 0 Å². The predicted octanol–water partition coefficient (Wildman–Crippen LogP) is 3.84. The van der Waals surface area contributed by atoms with Gasteiger partial charge < -0.3 is 9.84 Å². The lowest BCUT2D eigenvalue weighted by Gasteiger charge is -2.59. The normalized spacial score (nSPS) is 61.5. The SMILES string of the molecule is C[C@]12CC3OC3CC1CCC1C2CC[C@]2(C)C(O)C(N3CCCC3)CC12. The quantitative estimate of drug-likeness (QED) is 0.723. The van der Waals surface area contributed by atoms with E-state index in [-0.39, 0.29) is 11.5 Å². The molecule has 2 heterocycles. The van der Waals surface area contributed by atoms with Crippen LogP contribution in [-0.2, 0) is 4.74 Å². The molecule has 146 valence electrons. The lowest BCUT2D eigenvalue weighted by atomic mass is 9.45. The van der Waals surface area contributed by atoms with Gasteiger partial charge in [0, 0.05) is 6.04 Å². The van der Waals surface area contributed by atoms with Gasteiger partial charge in [-0.25, -0.2) is 0 Å². The van der Waals surface area contributed by atoms with Crippen LogP contribution in [0.2, 0.25) is 0 Å². The number of likely N-dealkylation sites (tertiary alicyclic amines) is 1. The van der Waals surface area contributed by atoms with Crippen LogP contribution >= 0.6 is 0 Å². The van der Waals surface area contributed by atoms with Crippen LogP contribution in [0.5, 0.6) is 0 Å². The molecule has 2 saturated heterocycles. The molecule has 0 bridgehead atoms. The van der Waals surface area contributed by atoms with Gasteiger partial charge in [-0.1, -0.05) is 13.8 Å². The number of nitrogens with zero attached hydrogens (tertiary/aromatic N) is 1. The van der Waals surface area contributed by atoms with Gasteiger partial charge in [0.25, 0.3) is 0 Å². The number of hydrogen-bond acceptors (Lipinski definition) is 3. The van der Waals surface area contributed by atoms with Crippen LogP contribution in [0.25, 0.3) is 0 Å². The molecular weight excluding hydrogens is 322 g/mol. The van der Waals surface area contributed by atoms with Crippen molar-refractivity contribution in [2.45, 2.75) is 96.0 Å². The number of aliphatic hydroxyl groups excluding tert-OH is 1. The van der Waals surface area contributed by atoms with Gasteiger partial charge in [0.2, 0.25) is 0 Å². The Labute approximate surface area is 158 Å². The third-order valence-corrected chi connectivity index (χ3v) is 10.5. The summed E-state index contributed by atoms with van der Waals surface area (Å²) >= 11 is 0. The van der Waals surface area contributed by atoms with Crippen molar-refractivity contribution in [3.8, 4) is 0 Å². The van der Waals surface area contributed by atoms with Gasteiger partial charge in [0.05, 0.1) is 18.3 Å². The molecule has 4 saturated carbocycles. The van der Waals surface area contributed by atoms with E-state index in [4.69, 9.17) is 4.74 Å². The molecule has 3 nitrogen and oxygen atoms in total. The third-order valence-electron chi connectivity index (χ3n) is 10.5. The number of hydrogen-bond donors (Lipinski definition) is 1. The molecule has 4 aliphatic carbocycles. The van der Waals surface area contributed by atoms with Crippen molar-refractivity contribution < 1.29 is 9.84 Å². The van der Waals surface area contributed by atoms with Crippen molar-refractivity contribution in [3.63, 3.8) is 0 Å². The van der Waals surface area contributed by atoms with Crippen LogP contribution in [0.15, 0.2) is 0 Å². The van der Waals surface area contributed by atoms with Crippen molar-refractivity contribution in [2.24, 2.45) is 34.5 Å². The van der Waals surface area contributed by atoms with Crippen LogP contribution in [0.3, 0.4) is 0 Å². The van der Waals surface area contributed by atoms with E-state index in [0.29, 0.717) is 23.7 Å². The van der Waals surface area contributed by atoms with Gasteiger partial charge in [-0.2, -0.15) is 0 Å². The zero-order chi connectivity index (χ0) is 17.7. The highest BCUT2D eigenvalue weighted by Crippen LogP contribution is 2.68. The van der Waals surface area contributed by atoms with E-state index in [1.165, 1.54) is 70.9 Å². The minimum absolute atomic E-state index is 0.0976. The Hall–Kier alpha value is -0.120. The van der Waals surface area contributed by atoms with Crippen LogP contribution < -0.4 is 0 Å². The first-order chi connectivity index (χ1) is 12.5. The van der Waals surface area contributed by atoms with Crippen LogP contribution in [0.1, 0.15) is 71.6 Å². The summed E-state index contributed by atoms with van der Waals surface area (Å²) in [5.41, 5.74) is 0.684. The molecule has 6 rings (SSSR count). The Morgan fingerprint density at radius 1 is 0.923 bits per heavy atom. The number of fused-ring (bicyclic) bond motifs is 6. The molecule has 0 spiro atoms. The summed E-state index contributed by atoms with van der Waals surface area (Å²) in [6.45, 7) is 7.51. The Kier molecular flexibility index (Phi) is 3.54. The summed E-state index contributed by atoms with van der Waals surface area (Å²) in [5, 5.41) is 11.4. The molecule has 0 aromatic heterocycles. The fourth-order valence-electron chi connectivity index (χ4n) is 8.93. The molecule has 0 aromatic rings. The molecule has 8 unspecified atom stereocenters. The Morgan fingerprint density at radius 2 is 1.73 bits per heavy atom. The van der Waals surface area contributed by atoms with E-state index < -0.39 is 0 Å². The minimum Gasteiger partial charge on any atom is -0.391 e. The molecule has 1 N–H and O–H groups in total. The summed E-state index contributed by atoms with van der Waals surface area (Å²) in [7, 11) is 0. The monoisotopic (exact) mass is 359 g/mol. The third kappa shape index (κ3) is 2.12. The van der Waals surface area contributed by atoms with Crippen molar-refractivity contribution in [2.75, 3.05) is 13.1 Å². The Bertz CT molecular complexity index is 589. The van der Waals surface area contributed by atoms with Gasteiger partial charge in [0.1, 0.15) is 0 Å². The van der Waals surface area contributed by atoms with E-state index in [0.717, 1.165) is 23.7 Å². The molecule has 6 aliphatic rings. The molecule has 10 atom stereocenters. The van der Waals surface area contributed by atoms with Crippen molar-refractivity contribution in [1.82, 2.24) is 4.90 Å². The van der Waals surface area contributed by atoms with Gasteiger partial charge in [0.15, 0.2) is 0 Å². The number of rotatable bonds is 1. The molecular formula is C23H37NO2. The predicted molar refractivity (Wildman–Crippen MR) is 102 cm³/mol. The van der Waals surface area contributed by atoms with Crippen molar-refractivity contribution in [3.05, 3.63) is 0 Å². The van der Waals surface area contributed by atoms with Crippen LogP contribution in [0, 0.1) is 34.5 Å². The fourth-order valence-corrected chi connectivity index (χ4v) is 8.93. The summed E-state index contributed by atoms with van der Waals surface area (Å²) in [6, 6.07) is 0.444. The second kappa shape index (κ2) is 5.48. The van der Waals surface area contributed by atoms with Crippen LogP contribution in [0.4, 0.5) is 0 Å². The highest BCUT2D eigenvalue weighted by molar-refractivity contribution is 5.15. The lowest BCUT2D eigenvalue weighted by Crippen LogP contribution is -2.54. The number of epoxide rings is 1. The zero-order valence-corrected chi connectivity index (χ0v) is 16.7. The minimum atomic E-state index is -0.0976. The van der Waals surface area contributed by atoms with Crippen molar-refractivity contribution >= 4 is 0 Å². The summed E-state index contributed by atoms with van der Waals surface area (Å²) in [5.74, 6) is 3.39. The summed E-state index contributed by atoms with van der Waals surface area (Å²) < 4.78 is 5.98. The van der Waals surface area contributed by atoms with Gasteiger partial charge >= 0.3 is 0 Å². The van der Waals surface area contributed by atoms with E-state index in [1.54, 1.807) is 0 Å². The standard InChI is InChI=1S/C23H37NO2/c1-22-8-7-16-15(6-5-14-11-19-20(26-19)13-23(14,16)2)17(22)12-18(21(22)25)24-9-3-4-10-24/h14-21,25H,3-13H2,1-2H3/t14?,15?,16?,17?,18?,19?,20?,21?,22-,23-/m0/s1. The lowest BCUT2D eigenvalue weighted by molar-refractivity contribution is -0.119. The largest absolute Gasteiger partial charge is 0.391 e. The second-order valence-corrected chi connectivity index (χ2v) is 11.3. The maximum absolute atomic E-state index is 11.4. The molecule has 3 heteroatoms. The maximum Gasteiger partial charge on any atom is 0.0847 e. The first-order valence-corrected chi connectivity index (χ1v) is 11.6. The summed E-state index contributed by atoms with van der Waals surface area (Å²) in [6.07, 6.45) is 13.1. The number of aliphatic hydroxyl groups is 1. The molecule has 0 aromatic carbocycles. The Morgan fingerprint density at radius 3 is 2.54 bits per heavy atom. The molecule has 6 fully saturated rings. The Balaban J connectivity index is 1.29. The van der Waals surface area contributed by atoms with Gasteiger partial charge in [-0.05, 0) is 105 Å². The average Bonchev–Trinajstić information content (AvgIpc) is 3.02. The first kappa shape index (κ1) is 16.8. The fraction of sp³-hybridized carbons (Fsp3) is 1.00. The van der Waals surface area contributed by atoms with Gasteiger partial charge in [-0.15, -0.1) is 0 Å². The number of ether oxygens (including phenoxy) is 1. The van der Waals surface area contributed by atoms with E-state index in [9.17, 15) is 5.11 Å². The molecule has 0 radical (unpaired) electrons. The highest BCUT2D eigenvalue weighted by atomic mass is 16.6. The molecule has 2 aliphatic heterocycles. The average molecular weight is 360 g/mol. The highest BCUT2D eigenvalue weighted by Gasteiger charge is 2.65. The first-order valence-electron chi connectivity index (χ1n) is 11.6. The molecule has 0 amide bonds. The van der Waals surface area contributed by atoms with Crippen molar-refractivity contribution in [1.29, 1.82) is 0 Å². The zero-order valence-electron chi connectivity index (χ0n) is 16.7. The molecule has 26 heavy (non-hydrogen) atoms. The van der Waals surface area contributed by atoms with Crippen LogP contribution in [-0.4, -0.2) is 47.4 Å². The second-order valence-electron chi connectivity index (χ2n) is 11.3. The van der Waals surface area contributed by atoms with Gasteiger partial charge in [-0.3, -0.25) is 4.90 Å². The van der Waals surface area contributed by atoms with E-state index in [2.05, 4.69) is 18.7 Å². The van der Waals surface area contributed by atoms with E-state index >= 15 is 0 Å².